The van der Waals surface area contributed by atoms with E-state index in [1.54, 1.807) is 0 Å². The number of oxazole rings is 1. The molecule has 1 aliphatic carbocycles. The average molecular weight is 260 g/mol. The van der Waals surface area contributed by atoms with Gasteiger partial charge in [0.1, 0.15) is 5.52 Å². The highest BCUT2D eigenvalue weighted by Gasteiger charge is 2.16. The van der Waals surface area contributed by atoms with Crippen LogP contribution >= 0.6 is 0 Å². The number of hydrogen-bond donors (Lipinski definition) is 1. The Balaban J connectivity index is 0.00000147. The first-order chi connectivity index (χ1) is 9.26. The van der Waals surface area contributed by atoms with E-state index in [2.05, 4.69) is 36.3 Å². The average Bonchev–Trinajstić information content (AvgIpc) is 2.76. The molecule has 0 saturated heterocycles. The number of nitrogens with zero attached hydrogens (tertiary/aromatic N) is 1. The molecule has 0 aliphatic heterocycles. The number of fused-ring (bicyclic) bond motifs is 1. The molecule has 0 radical (unpaired) electrons. The van der Waals surface area contributed by atoms with Gasteiger partial charge in [0.15, 0.2) is 11.5 Å². The van der Waals surface area contributed by atoms with E-state index >= 15 is 0 Å². The van der Waals surface area contributed by atoms with Crippen molar-refractivity contribution in [3.63, 3.8) is 0 Å². The zero-order valence-electron chi connectivity index (χ0n) is 11.8. The third-order valence-corrected chi connectivity index (χ3v) is 4.07. The van der Waals surface area contributed by atoms with Crippen molar-refractivity contribution in [1.29, 1.82) is 0 Å². The molecular weight excluding hydrogens is 236 g/mol. The lowest BCUT2D eigenvalue weighted by atomic mass is 9.85. The molecule has 1 fully saturated rings. The molecule has 0 unspecified atom stereocenters. The molecule has 1 saturated carbocycles. The Morgan fingerprint density at radius 1 is 1.42 bits per heavy atom. The van der Waals surface area contributed by atoms with E-state index in [1.807, 2.05) is 0 Å². The molecule has 0 atom stereocenters. The van der Waals surface area contributed by atoms with Gasteiger partial charge in [0.2, 0.25) is 0 Å². The lowest BCUT2D eigenvalue weighted by Crippen LogP contribution is -2.26. The normalized spacial score (nSPS) is 15.9. The zero-order chi connectivity index (χ0) is 13.2. The summed E-state index contributed by atoms with van der Waals surface area (Å²) in [4.78, 5) is 4.53. The Bertz CT molecular complexity index is 575. The predicted molar refractivity (Wildman–Crippen MR) is 79.3 cm³/mol. The van der Waals surface area contributed by atoms with Crippen LogP contribution in [0.15, 0.2) is 16.5 Å². The number of benzene rings is 1. The van der Waals surface area contributed by atoms with Gasteiger partial charge in [0, 0.05) is 14.4 Å². The summed E-state index contributed by atoms with van der Waals surface area (Å²) in [5.41, 5.74) is 4.43. The first-order valence-electron chi connectivity index (χ1n) is 7.36. The van der Waals surface area contributed by atoms with Crippen LogP contribution < -0.4 is 5.32 Å². The van der Waals surface area contributed by atoms with Gasteiger partial charge < -0.3 is 9.73 Å². The third kappa shape index (κ3) is 2.66. The minimum absolute atomic E-state index is 0. The topological polar surface area (TPSA) is 38.1 Å². The van der Waals surface area contributed by atoms with Crippen molar-refractivity contribution >= 4 is 11.1 Å². The van der Waals surface area contributed by atoms with Crippen LogP contribution in [0.3, 0.4) is 0 Å². The number of rotatable bonds is 5. The van der Waals surface area contributed by atoms with Gasteiger partial charge in [-0.25, -0.2) is 4.98 Å². The van der Waals surface area contributed by atoms with Crippen LogP contribution in [-0.2, 0) is 13.0 Å². The van der Waals surface area contributed by atoms with E-state index in [-0.39, 0.29) is 1.43 Å². The van der Waals surface area contributed by atoms with E-state index in [0.29, 0.717) is 0 Å². The van der Waals surface area contributed by atoms with Crippen molar-refractivity contribution in [2.45, 2.75) is 46.1 Å². The van der Waals surface area contributed by atoms with Crippen molar-refractivity contribution in [2.24, 2.45) is 5.92 Å². The molecule has 3 nitrogen and oxygen atoms in total. The van der Waals surface area contributed by atoms with Crippen LogP contribution in [0, 0.1) is 12.8 Å². The Hall–Kier alpha value is -1.35. The second-order valence-corrected chi connectivity index (χ2v) is 5.65. The highest BCUT2D eigenvalue weighted by molar-refractivity contribution is 5.77. The van der Waals surface area contributed by atoms with Crippen LogP contribution in [0.25, 0.3) is 11.1 Å². The molecule has 1 heterocycles. The fraction of sp³-hybridized carbons (Fsp3) is 0.562. The number of nitrogens with one attached hydrogen (secondary N) is 1. The zero-order valence-corrected chi connectivity index (χ0v) is 11.8. The molecular formula is C16H24N2O. The van der Waals surface area contributed by atoms with Gasteiger partial charge in [-0.3, -0.25) is 0 Å². The fourth-order valence-corrected chi connectivity index (χ4v) is 2.69. The largest absolute Gasteiger partial charge is 0.440 e. The van der Waals surface area contributed by atoms with Crippen LogP contribution in [0.1, 0.15) is 44.6 Å². The molecule has 1 aromatic heterocycles. The summed E-state index contributed by atoms with van der Waals surface area (Å²) in [7, 11) is 0. The highest BCUT2D eigenvalue weighted by atomic mass is 16.3. The Morgan fingerprint density at radius 2 is 2.26 bits per heavy atom. The fourth-order valence-electron chi connectivity index (χ4n) is 2.69. The van der Waals surface area contributed by atoms with Crippen molar-refractivity contribution in [3.05, 3.63) is 29.2 Å². The number of hydrogen-bond acceptors (Lipinski definition) is 3. The van der Waals surface area contributed by atoms with Crippen molar-refractivity contribution in [3.8, 4) is 0 Å². The highest BCUT2D eigenvalue weighted by Crippen LogP contribution is 2.25. The molecule has 104 valence electrons. The Kier molecular flexibility index (Phi) is 3.56. The molecule has 1 aliphatic rings. The van der Waals surface area contributed by atoms with Gasteiger partial charge in [-0.1, -0.05) is 19.4 Å². The third-order valence-electron chi connectivity index (χ3n) is 4.07. The quantitative estimate of drug-likeness (QED) is 0.887. The van der Waals surface area contributed by atoms with Gasteiger partial charge in [0.25, 0.3) is 0 Å². The number of aromatic nitrogens is 1. The summed E-state index contributed by atoms with van der Waals surface area (Å²) in [6, 6.07) is 4.36. The van der Waals surface area contributed by atoms with Gasteiger partial charge in [-0.15, -0.1) is 0 Å². The molecule has 1 aromatic carbocycles. The summed E-state index contributed by atoms with van der Waals surface area (Å²) < 4.78 is 5.74. The second-order valence-electron chi connectivity index (χ2n) is 5.65. The van der Waals surface area contributed by atoms with Crippen LogP contribution in [0.5, 0.6) is 0 Å². The maximum Gasteiger partial charge on any atom is 0.195 e. The van der Waals surface area contributed by atoms with Gasteiger partial charge in [0.05, 0.1) is 0 Å². The minimum Gasteiger partial charge on any atom is -0.440 e. The number of aryl methyl sites for hydroxylation is 2. The summed E-state index contributed by atoms with van der Waals surface area (Å²) >= 11 is 0. The molecule has 3 heteroatoms. The second kappa shape index (κ2) is 5.33. The molecule has 0 bridgehead atoms. The monoisotopic (exact) mass is 260 g/mol. The Labute approximate surface area is 115 Å². The standard InChI is InChI=1S/C16H22N2O.H2/c1-3-15-18-14-8-13(7-11(2)16(14)19-15)10-17-9-12-5-4-6-12;/h7-8,12,17H,3-6,9-10H2,1-2H3;1H. The smallest absolute Gasteiger partial charge is 0.195 e. The van der Waals surface area contributed by atoms with Crippen molar-refractivity contribution in [1.82, 2.24) is 10.3 Å². The van der Waals surface area contributed by atoms with Gasteiger partial charge in [-0.05, 0) is 49.4 Å². The van der Waals surface area contributed by atoms with Gasteiger partial charge >= 0.3 is 0 Å². The van der Waals surface area contributed by atoms with E-state index in [9.17, 15) is 0 Å². The first kappa shape index (κ1) is 12.7. The van der Waals surface area contributed by atoms with Crippen LogP contribution in [0.2, 0.25) is 0 Å². The summed E-state index contributed by atoms with van der Waals surface area (Å²) in [6.45, 7) is 6.25. The minimum atomic E-state index is 0. The predicted octanol–water partition coefficient (Wildman–Crippen LogP) is 3.83. The Morgan fingerprint density at radius 3 is 2.95 bits per heavy atom. The molecule has 3 rings (SSSR count). The summed E-state index contributed by atoms with van der Waals surface area (Å²) in [6.07, 6.45) is 5.06. The first-order valence-corrected chi connectivity index (χ1v) is 7.36. The molecule has 19 heavy (non-hydrogen) atoms. The maximum absolute atomic E-state index is 5.74. The SMILES string of the molecule is CCc1nc2cc(CNCC3CCC3)cc(C)c2o1.[HH]. The van der Waals surface area contributed by atoms with Gasteiger partial charge in [-0.2, -0.15) is 0 Å². The maximum atomic E-state index is 5.74. The summed E-state index contributed by atoms with van der Waals surface area (Å²) in [5, 5.41) is 3.56. The van der Waals surface area contributed by atoms with Crippen LogP contribution in [-0.4, -0.2) is 11.5 Å². The van der Waals surface area contributed by atoms with Crippen molar-refractivity contribution in [2.75, 3.05) is 6.54 Å². The van der Waals surface area contributed by atoms with E-state index in [4.69, 9.17) is 4.42 Å². The van der Waals surface area contributed by atoms with Crippen molar-refractivity contribution < 1.29 is 5.84 Å². The lowest BCUT2D eigenvalue weighted by Gasteiger charge is -2.25. The van der Waals surface area contributed by atoms with E-state index in [1.165, 1.54) is 30.4 Å². The summed E-state index contributed by atoms with van der Waals surface area (Å²) in [5.74, 6) is 1.74. The van der Waals surface area contributed by atoms with E-state index in [0.717, 1.165) is 42.4 Å². The van der Waals surface area contributed by atoms with Crippen LogP contribution in [0.4, 0.5) is 0 Å². The lowest BCUT2D eigenvalue weighted by molar-refractivity contribution is 0.301. The molecule has 0 spiro atoms. The van der Waals surface area contributed by atoms with E-state index < -0.39 is 0 Å². The molecule has 2 aromatic rings. The molecule has 1 N–H and O–H groups in total. The molecule has 0 amide bonds.